The maximum Gasteiger partial charge on any atom is 0.135 e. The highest BCUT2D eigenvalue weighted by Crippen LogP contribution is 2.42. The molecule has 7 nitrogen and oxygen atoms in total. The van der Waals surface area contributed by atoms with E-state index < -0.39 is 0 Å². The molecule has 1 aromatic carbocycles. The van der Waals surface area contributed by atoms with Gasteiger partial charge in [0.2, 0.25) is 0 Å². The maximum atomic E-state index is 9.84. The number of anilines is 1. The zero-order valence-corrected chi connectivity index (χ0v) is 17.1. The molecule has 0 atom stereocenters. The summed E-state index contributed by atoms with van der Waals surface area (Å²) in [5.74, 6) is 2.06. The van der Waals surface area contributed by atoms with Crippen LogP contribution in [0, 0.1) is 11.3 Å². The Labute approximate surface area is 174 Å². The number of benzene rings is 1. The first kappa shape index (κ1) is 19.2. The van der Waals surface area contributed by atoms with E-state index >= 15 is 0 Å². The van der Waals surface area contributed by atoms with Gasteiger partial charge in [-0.1, -0.05) is 17.7 Å². The molecule has 1 aliphatic heterocycles. The molecule has 4 rings (SSSR count). The quantitative estimate of drug-likeness (QED) is 0.653. The molecule has 8 heteroatoms. The molecule has 1 saturated heterocycles. The molecule has 0 amide bonds. The second-order valence-corrected chi connectivity index (χ2v) is 7.47. The number of halogens is 1. The van der Waals surface area contributed by atoms with Crippen LogP contribution in [0.5, 0.6) is 5.75 Å². The summed E-state index contributed by atoms with van der Waals surface area (Å²) in [5, 5.41) is 18.6. The van der Waals surface area contributed by atoms with Crippen molar-refractivity contribution in [1.29, 1.82) is 5.26 Å². The van der Waals surface area contributed by atoms with Gasteiger partial charge in [-0.25, -0.2) is 0 Å². The van der Waals surface area contributed by atoms with E-state index in [1.165, 1.54) is 0 Å². The van der Waals surface area contributed by atoms with Gasteiger partial charge in [-0.3, -0.25) is 4.98 Å². The number of hydrogen-bond acceptors (Lipinski definition) is 6. The molecule has 0 spiro atoms. The predicted octanol–water partition coefficient (Wildman–Crippen LogP) is 3.79. The number of nitrogens with zero attached hydrogens (tertiary/aromatic N) is 6. The van der Waals surface area contributed by atoms with Gasteiger partial charge in [0.25, 0.3) is 0 Å². The molecule has 0 aliphatic carbocycles. The molecule has 0 saturated carbocycles. The number of hydrogen-bond donors (Lipinski definition) is 0. The van der Waals surface area contributed by atoms with Gasteiger partial charge >= 0.3 is 0 Å². The van der Waals surface area contributed by atoms with Gasteiger partial charge in [0.15, 0.2) is 0 Å². The van der Waals surface area contributed by atoms with Crippen molar-refractivity contribution >= 4 is 17.3 Å². The van der Waals surface area contributed by atoms with Crippen LogP contribution in [0.1, 0.15) is 30.1 Å². The fraction of sp³-hybridized carbons (Fsp3) is 0.333. The standard InChI is InChI=1S/C21H21ClN6O/c1-27-13-25-26-21(27)14-6-9-28(10-7-14)20-15(3-4-18(22)16(20)11-23)17-12-24-8-5-19(17)29-2/h3-5,8,12-14H,6-7,9-10H2,1-2H3. The average molecular weight is 409 g/mol. The lowest BCUT2D eigenvalue weighted by atomic mass is 9.93. The number of methoxy groups -OCH3 is 1. The first-order chi connectivity index (χ1) is 14.1. The molecule has 1 fully saturated rings. The fourth-order valence-electron chi connectivity index (χ4n) is 4.00. The van der Waals surface area contributed by atoms with Crippen LogP contribution >= 0.6 is 11.6 Å². The van der Waals surface area contributed by atoms with E-state index in [-0.39, 0.29) is 0 Å². The molecule has 3 aromatic rings. The van der Waals surface area contributed by atoms with Crippen LogP contribution in [0.25, 0.3) is 11.1 Å². The van der Waals surface area contributed by atoms with Crippen LogP contribution in [-0.2, 0) is 7.05 Å². The second-order valence-electron chi connectivity index (χ2n) is 7.07. The van der Waals surface area contributed by atoms with Crippen molar-refractivity contribution in [3.8, 4) is 22.9 Å². The van der Waals surface area contributed by atoms with E-state index in [9.17, 15) is 5.26 Å². The zero-order chi connectivity index (χ0) is 20.4. The van der Waals surface area contributed by atoms with Crippen molar-refractivity contribution in [2.24, 2.45) is 7.05 Å². The summed E-state index contributed by atoms with van der Waals surface area (Å²) in [6, 6.07) is 7.81. The molecular weight excluding hydrogens is 388 g/mol. The number of rotatable bonds is 4. The molecule has 0 bridgehead atoms. The summed E-state index contributed by atoms with van der Waals surface area (Å²) in [5.41, 5.74) is 3.05. The third-order valence-corrected chi connectivity index (χ3v) is 5.77. The van der Waals surface area contributed by atoms with E-state index in [4.69, 9.17) is 16.3 Å². The molecule has 1 aliphatic rings. The van der Waals surface area contributed by atoms with Gasteiger partial charge in [0.05, 0.1) is 23.4 Å². The summed E-state index contributed by atoms with van der Waals surface area (Å²) in [7, 11) is 3.60. The minimum absolute atomic E-state index is 0.347. The number of aryl methyl sites for hydroxylation is 1. The second kappa shape index (κ2) is 8.10. The number of aromatic nitrogens is 4. The van der Waals surface area contributed by atoms with Crippen LogP contribution in [0.2, 0.25) is 5.02 Å². The molecule has 148 valence electrons. The lowest BCUT2D eigenvalue weighted by Crippen LogP contribution is -2.34. The molecule has 3 heterocycles. The van der Waals surface area contributed by atoms with Gasteiger partial charge < -0.3 is 14.2 Å². The Morgan fingerprint density at radius 2 is 2.00 bits per heavy atom. The molecular formula is C21H21ClN6O. The lowest BCUT2D eigenvalue weighted by molar-refractivity contribution is 0.416. The van der Waals surface area contributed by atoms with E-state index in [0.29, 0.717) is 22.3 Å². The molecule has 2 aromatic heterocycles. The topological polar surface area (TPSA) is 79.9 Å². The molecule has 0 unspecified atom stereocenters. The first-order valence-electron chi connectivity index (χ1n) is 9.43. The summed E-state index contributed by atoms with van der Waals surface area (Å²) >= 11 is 6.39. The van der Waals surface area contributed by atoms with Crippen LogP contribution in [0.4, 0.5) is 5.69 Å². The number of pyridine rings is 1. The third kappa shape index (κ3) is 3.52. The zero-order valence-electron chi connectivity index (χ0n) is 16.3. The van der Waals surface area contributed by atoms with E-state index in [1.807, 2.05) is 23.7 Å². The van der Waals surface area contributed by atoms with Gasteiger partial charge in [0, 0.05) is 49.6 Å². The smallest absolute Gasteiger partial charge is 0.135 e. The van der Waals surface area contributed by atoms with Crippen LogP contribution in [0.15, 0.2) is 36.9 Å². The summed E-state index contributed by atoms with van der Waals surface area (Å²) in [6.45, 7) is 1.59. The SMILES string of the molecule is COc1ccncc1-c1ccc(Cl)c(C#N)c1N1CCC(c2nncn2C)CC1. The van der Waals surface area contributed by atoms with Crippen molar-refractivity contribution in [3.05, 3.63) is 53.3 Å². The normalized spacial score (nSPS) is 14.6. The monoisotopic (exact) mass is 408 g/mol. The Morgan fingerprint density at radius 1 is 1.21 bits per heavy atom. The van der Waals surface area contributed by atoms with Gasteiger partial charge in [0.1, 0.15) is 24.0 Å². The highest BCUT2D eigenvalue weighted by atomic mass is 35.5. The number of piperidine rings is 1. The first-order valence-corrected chi connectivity index (χ1v) is 9.81. The number of ether oxygens (including phenoxy) is 1. The average Bonchev–Trinajstić information content (AvgIpc) is 3.19. The van der Waals surface area contributed by atoms with Gasteiger partial charge in [-0.15, -0.1) is 10.2 Å². The van der Waals surface area contributed by atoms with E-state index in [1.54, 1.807) is 31.9 Å². The minimum Gasteiger partial charge on any atom is -0.496 e. The lowest BCUT2D eigenvalue weighted by Gasteiger charge is -2.35. The highest BCUT2D eigenvalue weighted by Gasteiger charge is 2.28. The van der Waals surface area contributed by atoms with E-state index in [2.05, 4.69) is 26.2 Å². The van der Waals surface area contributed by atoms with Gasteiger partial charge in [-0.05, 0) is 25.0 Å². The molecule has 0 N–H and O–H groups in total. The molecule has 0 radical (unpaired) electrons. The summed E-state index contributed by atoms with van der Waals surface area (Å²) in [6.07, 6.45) is 7.04. The number of nitriles is 1. The summed E-state index contributed by atoms with van der Waals surface area (Å²) in [4.78, 5) is 6.49. The summed E-state index contributed by atoms with van der Waals surface area (Å²) < 4.78 is 7.51. The Morgan fingerprint density at radius 3 is 2.66 bits per heavy atom. The van der Waals surface area contributed by atoms with Gasteiger partial charge in [-0.2, -0.15) is 5.26 Å². The fourth-order valence-corrected chi connectivity index (χ4v) is 4.20. The van der Waals surface area contributed by atoms with Crippen LogP contribution in [-0.4, -0.2) is 39.9 Å². The van der Waals surface area contributed by atoms with E-state index in [0.717, 1.165) is 48.6 Å². The molecule has 29 heavy (non-hydrogen) atoms. The van der Waals surface area contributed by atoms with Crippen molar-refractivity contribution in [2.45, 2.75) is 18.8 Å². The predicted molar refractivity (Wildman–Crippen MR) is 111 cm³/mol. The third-order valence-electron chi connectivity index (χ3n) is 5.45. The van der Waals surface area contributed by atoms with Crippen molar-refractivity contribution in [1.82, 2.24) is 19.7 Å². The van der Waals surface area contributed by atoms with Crippen LogP contribution < -0.4 is 9.64 Å². The largest absolute Gasteiger partial charge is 0.496 e. The highest BCUT2D eigenvalue weighted by molar-refractivity contribution is 6.32. The Bertz CT molecular complexity index is 1070. The minimum atomic E-state index is 0.347. The van der Waals surface area contributed by atoms with Crippen molar-refractivity contribution in [3.63, 3.8) is 0 Å². The maximum absolute atomic E-state index is 9.84. The van der Waals surface area contributed by atoms with Crippen LogP contribution in [0.3, 0.4) is 0 Å². The van der Waals surface area contributed by atoms with Crippen molar-refractivity contribution in [2.75, 3.05) is 25.1 Å². The van der Waals surface area contributed by atoms with Crippen molar-refractivity contribution < 1.29 is 4.74 Å². The Kier molecular flexibility index (Phi) is 5.36. The Hall–Kier alpha value is -3.11. The Balaban J connectivity index is 1.73.